The van der Waals surface area contributed by atoms with Gasteiger partial charge < -0.3 is 14.8 Å². The Balaban J connectivity index is 1.87. The first-order valence-electron chi connectivity index (χ1n) is 8.23. The van der Waals surface area contributed by atoms with Gasteiger partial charge in [0.2, 0.25) is 15.9 Å². The van der Waals surface area contributed by atoms with Gasteiger partial charge in [-0.15, -0.1) is 0 Å². The third kappa shape index (κ3) is 5.98. The zero-order valence-corrected chi connectivity index (χ0v) is 15.6. The lowest BCUT2D eigenvalue weighted by Gasteiger charge is -2.34. The number of rotatable bonds is 7. The van der Waals surface area contributed by atoms with E-state index in [4.69, 9.17) is 9.47 Å². The fourth-order valence-electron chi connectivity index (χ4n) is 3.11. The van der Waals surface area contributed by atoms with E-state index in [1.807, 2.05) is 24.3 Å². The van der Waals surface area contributed by atoms with Gasteiger partial charge in [-0.25, -0.2) is 13.1 Å². The second-order valence-corrected chi connectivity index (χ2v) is 8.13. The van der Waals surface area contributed by atoms with Crippen molar-refractivity contribution < 1.29 is 22.7 Å². The Hall–Kier alpha value is -1.64. The van der Waals surface area contributed by atoms with Crippen LogP contribution in [-0.2, 0) is 26.1 Å². The van der Waals surface area contributed by atoms with Gasteiger partial charge in [-0.3, -0.25) is 4.79 Å². The van der Waals surface area contributed by atoms with E-state index in [2.05, 4.69) is 10.0 Å². The third-order valence-electron chi connectivity index (χ3n) is 4.46. The molecule has 25 heavy (non-hydrogen) atoms. The maximum atomic E-state index is 12.4. The van der Waals surface area contributed by atoms with Crippen molar-refractivity contribution in [2.75, 3.05) is 20.5 Å². The van der Waals surface area contributed by atoms with Gasteiger partial charge in [-0.1, -0.05) is 12.1 Å². The number of sulfonamides is 1. The van der Waals surface area contributed by atoms with Crippen LogP contribution < -0.4 is 14.8 Å². The minimum atomic E-state index is -3.30. The molecule has 2 rings (SSSR count). The summed E-state index contributed by atoms with van der Waals surface area (Å²) in [7, 11) is -0.147. The van der Waals surface area contributed by atoms with E-state index in [0.29, 0.717) is 25.8 Å². The summed E-state index contributed by atoms with van der Waals surface area (Å²) >= 11 is 0. The van der Waals surface area contributed by atoms with E-state index >= 15 is 0 Å². The predicted octanol–water partition coefficient (Wildman–Crippen LogP) is 1.04. The molecule has 0 spiro atoms. The highest BCUT2D eigenvalue weighted by atomic mass is 32.2. The highest BCUT2D eigenvalue weighted by Crippen LogP contribution is 2.27. The number of carbonyl (C=O) groups excluding carboxylic acids is 1. The fourth-order valence-corrected chi connectivity index (χ4v) is 3.93. The van der Waals surface area contributed by atoms with E-state index < -0.39 is 10.0 Å². The summed E-state index contributed by atoms with van der Waals surface area (Å²) in [4.78, 5) is 12.4. The maximum absolute atomic E-state index is 12.4. The topological polar surface area (TPSA) is 93.7 Å². The molecule has 0 aliphatic heterocycles. The molecule has 1 aromatic rings. The van der Waals surface area contributed by atoms with Crippen LogP contribution in [0, 0.1) is 5.92 Å². The molecule has 1 saturated carbocycles. The molecule has 1 amide bonds. The first-order chi connectivity index (χ1) is 11.8. The van der Waals surface area contributed by atoms with Crippen LogP contribution in [0.2, 0.25) is 0 Å². The zero-order valence-electron chi connectivity index (χ0n) is 14.8. The number of benzene rings is 1. The molecule has 8 heteroatoms. The smallest absolute Gasteiger partial charge is 0.223 e. The number of ether oxygens (including phenoxy) is 2. The Morgan fingerprint density at radius 2 is 1.88 bits per heavy atom. The van der Waals surface area contributed by atoms with Crippen molar-refractivity contribution in [3.8, 4) is 5.75 Å². The Bertz CT molecular complexity index is 675. The van der Waals surface area contributed by atoms with Crippen molar-refractivity contribution in [1.29, 1.82) is 0 Å². The third-order valence-corrected chi connectivity index (χ3v) is 5.19. The minimum Gasteiger partial charge on any atom is -0.497 e. The molecule has 0 heterocycles. The van der Waals surface area contributed by atoms with Gasteiger partial charge in [0.05, 0.1) is 19.5 Å². The standard InChI is InChI=1S/C17H26N2O5S/c1-23-14-7-4-12(5-8-14)11-18-17(20)13-6-9-15(16(10-13)24-2)19-25(3,21)22/h4-5,7-8,13,15-16,19H,6,9-11H2,1-3H3,(H,18,20)/t13-,15-,16-/m0/s1. The van der Waals surface area contributed by atoms with Crippen LogP contribution in [-0.4, -0.2) is 46.9 Å². The number of hydrogen-bond acceptors (Lipinski definition) is 5. The molecule has 140 valence electrons. The van der Waals surface area contributed by atoms with Crippen molar-refractivity contribution in [3.05, 3.63) is 29.8 Å². The molecule has 1 aromatic carbocycles. The minimum absolute atomic E-state index is 0.0318. The molecule has 0 bridgehead atoms. The van der Waals surface area contributed by atoms with Crippen molar-refractivity contribution >= 4 is 15.9 Å². The number of methoxy groups -OCH3 is 2. The van der Waals surface area contributed by atoms with Crippen molar-refractivity contribution in [2.45, 2.75) is 38.0 Å². The quantitative estimate of drug-likeness (QED) is 0.748. The van der Waals surface area contributed by atoms with Crippen molar-refractivity contribution in [3.63, 3.8) is 0 Å². The lowest BCUT2D eigenvalue weighted by atomic mass is 9.83. The summed E-state index contributed by atoms with van der Waals surface area (Å²) in [6.07, 6.45) is 2.53. The summed E-state index contributed by atoms with van der Waals surface area (Å²) in [5.41, 5.74) is 0.991. The summed E-state index contributed by atoms with van der Waals surface area (Å²) in [6, 6.07) is 7.23. The van der Waals surface area contributed by atoms with Crippen LogP contribution in [0.1, 0.15) is 24.8 Å². The molecule has 1 fully saturated rings. The number of hydrogen-bond donors (Lipinski definition) is 2. The van der Waals surface area contributed by atoms with E-state index in [1.54, 1.807) is 14.2 Å². The van der Waals surface area contributed by atoms with Gasteiger partial charge in [-0.2, -0.15) is 0 Å². The van der Waals surface area contributed by atoms with Gasteiger partial charge in [-0.05, 0) is 37.0 Å². The summed E-state index contributed by atoms with van der Waals surface area (Å²) in [6.45, 7) is 0.446. The second-order valence-electron chi connectivity index (χ2n) is 6.35. The largest absolute Gasteiger partial charge is 0.497 e. The summed E-state index contributed by atoms with van der Waals surface area (Å²) in [5.74, 6) is 0.561. The van der Waals surface area contributed by atoms with Gasteiger partial charge in [0, 0.05) is 25.6 Å². The summed E-state index contributed by atoms with van der Waals surface area (Å²) in [5, 5.41) is 2.94. The molecule has 0 unspecified atom stereocenters. The van der Waals surface area contributed by atoms with Crippen LogP contribution >= 0.6 is 0 Å². The molecule has 2 N–H and O–H groups in total. The molecule has 0 radical (unpaired) electrons. The molecule has 7 nitrogen and oxygen atoms in total. The summed E-state index contributed by atoms with van der Waals surface area (Å²) < 4.78 is 36.0. The average molecular weight is 370 g/mol. The van der Waals surface area contributed by atoms with E-state index in [-0.39, 0.29) is 24.0 Å². The monoisotopic (exact) mass is 370 g/mol. The van der Waals surface area contributed by atoms with E-state index in [0.717, 1.165) is 17.6 Å². The van der Waals surface area contributed by atoms with Crippen LogP contribution in [0.5, 0.6) is 5.75 Å². The number of amides is 1. The highest BCUT2D eigenvalue weighted by Gasteiger charge is 2.35. The first kappa shape index (κ1) is 19.7. The Morgan fingerprint density at radius 1 is 1.20 bits per heavy atom. The van der Waals surface area contributed by atoms with Crippen LogP contribution in [0.4, 0.5) is 0 Å². The molecule has 0 saturated heterocycles. The van der Waals surface area contributed by atoms with Gasteiger partial charge in [0.15, 0.2) is 0 Å². The van der Waals surface area contributed by atoms with Crippen molar-refractivity contribution in [1.82, 2.24) is 10.0 Å². The molecule has 0 aromatic heterocycles. The Kier molecular flexibility index (Phi) is 6.80. The normalized spacial score (nSPS) is 23.9. The average Bonchev–Trinajstić information content (AvgIpc) is 2.59. The van der Waals surface area contributed by atoms with Crippen LogP contribution in [0.3, 0.4) is 0 Å². The zero-order chi connectivity index (χ0) is 18.4. The maximum Gasteiger partial charge on any atom is 0.223 e. The van der Waals surface area contributed by atoms with Gasteiger partial charge >= 0.3 is 0 Å². The molecule has 3 atom stereocenters. The van der Waals surface area contributed by atoms with Gasteiger partial charge in [0.25, 0.3) is 0 Å². The Morgan fingerprint density at radius 3 is 2.44 bits per heavy atom. The lowest BCUT2D eigenvalue weighted by molar-refractivity contribution is -0.128. The van der Waals surface area contributed by atoms with Crippen LogP contribution in [0.25, 0.3) is 0 Å². The van der Waals surface area contributed by atoms with E-state index in [9.17, 15) is 13.2 Å². The Labute approximate surface area is 149 Å². The predicted molar refractivity (Wildman–Crippen MR) is 94.7 cm³/mol. The van der Waals surface area contributed by atoms with Crippen LogP contribution in [0.15, 0.2) is 24.3 Å². The molecule has 1 aliphatic carbocycles. The first-order valence-corrected chi connectivity index (χ1v) is 10.1. The van der Waals surface area contributed by atoms with Gasteiger partial charge in [0.1, 0.15) is 5.75 Å². The number of carbonyl (C=O) groups is 1. The molecule has 1 aliphatic rings. The lowest BCUT2D eigenvalue weighted by Crippen LogP contribution is -2.49. The van der Waals surface area contributed by atoms with Crippen molar-refractivity contribution in [2.24, 2.45) is 5.92 Å². The van der Waals surface area contributed by atoms with E-state index in [1.165, 1.54) is 0 Å². The number of nitrogens with one attached hydrogen (secondary N) is 2. The SMILES string of the molecule is COc1ccc(CNC(=O)[C@H]2CC[C@H](NS(C)(=O)=O)[C@@H](OC)C2)cc1. The molecular weight excluding hydrogens is 344 g/mol. The fraction of sp³-hybridized carbons (Fsp3) is 0.588. The molecular formula is C17H26N2O5S. The second kappa shape index (κ2) is 8.64. The highest BCUT2D eigenvalue weighted by molar-refractivity contribution is 7.88.